The summed E-state index contributed by atoms with van der Waals surface area (Å²) in [5, 5.41) is 8.78. The quantitative estimate of drug-likeness (QED) is 0.644. The third-order valence-electron chi connectivity index (χ3n) is 1.90. The number of ketones is 1. The van der Waals surface area contributed by atoms with Crippen LogP contribution in [0.3, 0.4) is 0 Å². The van der Waals surface area contributed by atoms with Crippen molar-refractivity contribution in [2.75, 3.05) is 14.1 Å². The average molecular weight is 183 g/mol. The molecule has 72 valence electrons. The first kappa shape index (κ1) is 9.77. The smallest absolute Gasteiger partial charge is 0.333 e. The van der Waals surface area contributed by atoms with Crippen LogP contribution in [0.5, 0.6) is 0 Å². The molecule has 1 aliphatic carbocycles. The van der Waals surface area contributed by atoms with Crippen LogP contribution in [0.15, 0.2) is 11.8 Å². The molecule has 0 aromatic rings. The minimum absolute atomic E-state index is 0.0395. The molecule has 13 heavy (non-hydrogen) atoms. The molecule has 0 amide bonds. The number of nitrogens with zero attached hydrogens (tertiary/aromatic N) is 1. The Kier molecular flexibility index (Phi) is 2.70. The molecule has 1 atom stereocenters. The Balaban J connectivity index is 2.57. The lowest BCUT2D eigenvalue weighted by molar-refractivity contribution is -0.132. The number of aliphatic carboxylic acids is 1. The maximum atomic E-state index is 10.7. The fourth-order valence-electron chi connectivity index (χ4n) is 1.14. The minimum atomic E-state index is -0.937. The van der Waals surface area contributed by atoms with Gasteiger partial charge in [-0.2, -0.15) is 0 Å². The molecule has 1 unspecified atom stereocenters. The first-order chi connectivity index (χ1) is 6.00. The SMILES string of the molecule is CN(C)C=C(CC1CC1=O)C(=O)O. The van der Waals surface area contributed by atoms with Gasteiger partial charge in [-0.05, 0) is 6.42 Å². The van der Waals surface area contributed by atoms with Crippen molar-refractivity contribution >= 4 is 11.8 Å². The Morgan fingerprint density at radius 3 is 2.54 bits per heavy atom. The van der Waals surface area contributed by atoms with Crippen molar-refractivity contribution in [1.82, 2.24) is 4.90 Å². The zero-order valence-corrected chi connectivity index (χ0v) is 7.78. The van der Waals surface area contributed by atoms with Crippen molar-refractivity contribution in [2.45, 2.75) is 12.8 Å². The summed E-state index contributed by atoms with van der Waals surface area (Å²) in [7, 11) is 3.52. The molecule has 0 bridgehead atoms. The molecule has 0 spiro atoms. The monoisotopic (exact) mass is 183 g/mol. The summed E-state index contributed by atoms with van der Waals surface area (Å²) >= 11 is 0. The second-order valence-electron chi connectivity index (χ2n) is 3.49. The van der Waals surface area contributed by atoms with Gasteiger partial charge in [0.2, 0.25) is 0 Å². The van der Waals surface area contributed by atoms with E-state index in [0.717, 1.165) is 0 Å². The summed E-state index contributed by atoms with van der Waals surface area (Å²) in [4.78, 5) is 23.1. The van der Waals surface area contributed by atoms with E-state index in [1.54, 1.807) is 25.2 Å². The van der Waals surface area contributed by atoms with Gasteiger partial charge in [-0.1, -0.05) is 0 Å². The molecule has 0 saturated heterocycles. The van der Waals surface area contributed by atoms with E-state index in [2.05, 4.69) is 0 Å². The highest BCUT2D eigenvalue weighted by atomic mass is 16.4. The van der Waals surface area contributed by atoms with Gasteiger partial charge in [0.15, 0.2) is 0 Å². The van der Waals surface area contributed by atoms with E-state index in [1.165, 1.54) is 0 Å². The van der Waals surface area contributed by atoms with E-state index >= 15 is 0 Å². The molecule has 4 nitrogen and oxygen atoms in total. The Morgan fingerprint density at radius 1 is 1.69 bits per heavy atom. The number of carbonyl (C=O) groups excluding carboxylic acids is 1. The van der Waals surface area contributed by atoms with Crippen LogP contribution in [0.4, 0.5) is 0 Å². The Morgan fingerprint density at radius 2 is 2.23 bits per heavy atom. The fraction of sp³-hybridized carbons (Fsp3) is 0.556. The summed E-state index contributed by atoms with van der Waals surface area (Å²) in [5.74, 6) is -0.804. The van der Waals surface area contributed by atoms with Crippen LogP contribution in [-0.2, 0) is 9.59 Å². The van der Waals surface area contributed by atoms with E-state index in [1.807, 2.05) is 0 Å². The molecular formula is C9H13NO3. The molecule has 0 aromatic carbocycles. The molecule has 0 radical (unpaired) electrons. The summed E-state index contributed by atoms with van der Waals surface area (Å²) in [6, 6.07) is 0. The maximum Gasteiger partial charge on any atom is 0.333 e. The third-order valence-corrected chi connectivity index (χ3v) is 1.90. The molecular weight excluding hydrogens is 170 g/mol. The standard InChI is InChI=1S/C9H13NO3/c1-10(2)5-7(9(12)13)3-6-4-8(6)11/h5-6H,3-4H2,1-2H3,(H,12,13). The van der Waals surface area contributed by atoms with Gasteiger partial charge < -0.3 is 10.0 Å². The maximum absolute atomic E-state index is 10.7. The summed E-state index contributed by atoms with van der Waals surface area (Å²) in [6.07, 6.45) is 2.46. The van der Waals surface area contributed by atoms with Crippen molar-refractivity contribution in [2.24, 2.45) is 5.92 Å². The number of hydrogen-bond donors (Lipinski definition) is 1. The Bertz CT molecular complexity index is 268. The predicted octanol–water partition coefficient (Wildman–Crippen LogP) is 0.496. The highest BCUT2D eigenvalue weighted by molar-refractivity contribution is 5.98. The fourth-order valence-corrected chi connectivity index (χ4v) is 1.14. The topological polar surface area (TPSA) is 57.6 Å². The normalized spacial score (nSPS) is 21.5. The predicted molar refractivity (Wildman–Crippen MR) is 47.1 cm³/mol. The van der Waals surface area contributed by atoms with Crippen molar-refractivity contribution in [3.05, 3.63) is 11.8 Å². The number of carbonyl (C=O) groups is 2. The van der Waals surface area contributed by atoms with Crippen LogP contribution in [0.25, 0.3) is 0 Å². The first-order valence-electron chi connectivity index (χ1n) is 4.14. The number of carboxylic acids is 1. The lowest BCUT2D eigenvalue weighted by atomic mass is 10.1. The van der Waals surface area contributed by atoms with Crippen molar-refractivity contribution < 1.29 is 14.7 Å². The van der Waals surface area contributed by atoms with Gasteiger partial charge in [0.25, 0.3) is 0 Å². The molecule has 0 aromatic heterocycles. The van der Waals surface area contributed by atoms with Crippen molar-refractivity contribution in [1.29, 1.82) is 0 Å². The summed E-state index contributed by atoms with van der Waals surface area (Å²) < 4.78 is 0. The van der Waals surface area contributed by atoms with Crippen LogP contribution in [0.2, 0.25) is 0 Å². The van der Waals surface area contributed by atoms with Crippen LogP contribution in [0, 0.1) is 5.92 Å². The van der Waals surface area contributed by atoms with Gasteiger partial charge in [0, 0.05) is 32.6 Å². The van der Waals surface area contributed by atoms with Gasteiger partial charge in [-0.3, -0.25) is 4.79 Å². The van der Waals surface area contributed by atoms with E-state index < -0.39 is 5.97 Å². The Hall–Kier alpha value is -1.32. The molecule has 1 saturated carbocycles. The largest absolute Gasteiger partial charge is 0.478 e. The number of rotatable bonds is 4. The number of carboxylic acid groups (broad SMARTS) is 1. The van der Waals surface area contributed by atoms with E-state index in [9.17, 15) is 9.59 Å². The van der Waals surface area contributed by atoms with Crippen LogP contribution < -0.4 is 0 Å². The minimum Gasteiger partial charge on any atom is -0.478 e. The highest BCUT2D eigenvalue weighted by Gasteiger charge is 2.36. The number of hydrogen-bond acceptors (Lipinski definition) is 3. The summed E-state index contributed by atoms with van der Waals surface area (Å²) in [6.45, 7) is 0. The first-order valence-corrected chi connectivity index (χ1v) is 4.14. The van der Waals surface area contributed by atoms with Gasteiger partial charge in [-0.25, -0.2) is 4.79 Å². The van der Waals surface area contributed by atoms with E-state index in [0.29, 0.717) is 18.4 Å². The lowest BCUT2D eigenvalue weighted by Crippen LogP contribution is -2.09. The van der Waals surface area contributed by atoms with Gasteiger partial charge >= 0.3 is 5.97 Å². The van der Waals surface area contributed by atoms with Crippen molar-refractivity contribution in [3.8, 4) is 0 Å². The second kappa shape index (κ2) is 3.60. The molecule has 0 heterocycles. The zero-order chi connectivity index (χ0) is 10.0. The van der Waals surface area contributed by atoms with Crippen molar-refractivity contribution in [3.63, 3.8) is 0 Å². The van der Waals surface area contributed by atoms with E-state index in [-0.39, 0.29) is 11.7 Å². The van der Waals surface area contributed by atoms with Gasteiger partial charge in [0.05, 0.1) is 5.57 Å². The van der Waals surface area contributed by atoms with Crippen LogP contribution in [0.1, 0.15) is 12.8 Å². The molecule has 1 N–H and O–H groups in total. The van der Waals surface area contributed by atoms with E-state index in [4.69, 9.17) is 5.11 Å². The van der Waals surface area contributed by atoms with Crippen LogP contribution in [-0.4, -0.2) is 35.9 Å². The molecule has 1 rings (SSSR count). The second-order valence-corrected chi connectivity index (χ2v) is 3.49. The molecule has 4 heteroatoms. The number of Topliss-reactive ketones (excluding diaryl/α,β-unsaturated/α-hetero) is 1. The average Bonchev–Trinajstić information content (AvgIpc) is 2.64. The molecule has 1 aliphatic rings. The molecule has 1 fully saturated rings. The zero-order valence-electron chi connectivity index (χ0n) is 7.78. The highest BCUT2D eigenvalue weighted by Crippen LogP contribution is 2.30. The van der Waals surface area contributed by atoms with Gasteiger partial charge in [0.1, 0.15) is 5.78 Å². The van der Waals surface area contributed by atoms with Crippen LogP contribution >= 0.6 is 0 Å². The molecule has 0 aliphatic heterocycles. The third kappa shape index (κ3) is 2.89. The Labute approximate surface area is 76.8 Å². The van der Waals surface area contributed by atoms with Gasteiger partial charge in [-0.15, -0.1) is 0 Å². The summed E-state index contributed by atoms with van der Waals surface area (Å²) in [5.41, 5.74) is 0.306. The lowest BCUT2D eigenvalue weighted by Gasteiger charge is -2.07.